The molecule has 1 aromatic carbocycles. The molecule has 1 amide bonds. The highest BCUT2D eigenvalue weighted by molar-refractivity contribution is 9.10. The number of carbonyl (C=O) groups is 1. The molecule has 1 fully saturated rings. The number of nitrogens with two attached hydrogens (primary N) is 1. The van der Waals surface area contributed by atoms with Crippen molar-refractivity contribution in [2.24, 2.45) is 5.73 Å². The molecule has 0 radical (unpaired) electrons. The van der Waals surface area contributed by atoms with E-state index in [1.807, 2.05) is 29.2 Å². The number of hydrogen-bond donors (Lipinski definition) is 1. The van der Waals surface area contributed by atoms with E-state index in [0.717, 1.165) is 29.5 Å². The van der Waals surface area contributed by atoms with Gasteiger partial charge in [-0.2, -0.15) is 5.10 Å². The van der Waals surface area contributed by atoms with Gasteiger partial charge in [0, 0.05) is 29.8 Å². The molecule has 1 saturated heterocycles. The van der Waals surface area contributed by atoms with Gasteiger partial charge in [0.1, 0.15) is 0 Å². The van der Waals surface area contributed by atoms with E-state index < -0.39 is 0 Å². The number of nitrogens with zero attached hydrogens (tertiary/aromatic N) is 3. The third kappa shape index (κ3) is 2.87. The Hall–Kier alpha value is -1.66. The molecule has 0 unspecified atom stereocenters. The lowest BCUT2D eigenvalue weighted by Gasteiger charge is -2.22. The van der Waals surface area contributed by atoms with Crippen molar-refractivity contribution in [1.29, 1.82) is 0 Å². The average molecular weight is 349 g/mol. The van der Waals surface area contributed by atoms with E-state index in [1.165, 1.54) is 0 Å². The standard InChI is InChI=1S/C15H17BrN4O/c16-12-3-5-13(6-4-12)20-10-11(9-18-20)15(21)19-7-1-2-14(19)8-17/h3-6,9-10,14H,1-2,7-8,17H2/t14-/m0/s1. The Balaban J connectivity index is 1.81. The predicted octanol–water partition coefficient (Wildman–Crippen LogP) is 2.20. The zero-order chi connectivity index (χ0) is 14.8. The minimum absolute atomic E-state index is 0.0197. The summed E-state index contributed by atoms with van der Waals surface area (Å²) in [6.07, 6.45) is 5.41. The molecular weight excluding hydrogens is 332 g/mol. The number of amides is 1. The maximum absolute atomic E-state index is 12.5. The van der Waals surface area contributed by atoms with Gasteiger partial charge in [-0.1, -0.05) is 15.9 Å². The van der Waals surface area contributed by atoms with Crippen molar-refractivity contribution < 1.29 is 4.79 Å². The summed E-state index contributed by atoms with van der Waals surface area (Å²) < 4.78 is 2.73. The van der Waals surface area contributed by atoms with Crippen LogP contribution in [0.4, 0.5) is 0 Å². The number of hydrogen-bond acceptors (Lipinski definition) is 3. The molecule has 0 aliphatic carbocycles. The van der Waals surface area contributed by atoms with Crippen molar-refractivity contribution in [2.45, 2.75) is 18.9 Å². The molecule has 6 heteroatoms. The quantitative estimate of drug-likeness (QED) is 0.924. The van der Waals surface area contributed by atoms with Crippen LogP contribution in [0.2, 0.25) is 0 Å². The van der Waals surface area contributed by atoms with E-state index in [-0.39, 0.29) is 11.9 Å². The largest absolute Gasteiger partial charge is 0.334 e. The summed E-state index contributed by atoms with van der Waals surface area (Å²) in [7, 11) is 0. The third-order valence-electron chi connectivity index (χ3n) is 3.83. The molecule has 3 rings (SSSR count). The Morgan fingerprint density at radius 2 is 2.14 bits per heavy atom. The molecule has 1 aliphatic heterocycles. The molecule has 0 saturated carbocycles. The van der Waals surface area contributed by atoms with Gasteiger partial charge in [-0.05, 0) is 37.1 Å². The van der Waals surface area contributed by atoms with Crippen molar-refractivity contribution in [2.75, 3.05) is 13.1 Å². The number of halogens is 1. The van der Waals surface area contributed by atoms with Crippen LogP contribution in [0, 0.1) is 0 Å². The minimum atomic E-state index is 0.0197. The summed E-state index contributed by atoms with van der Waals surface area (Å²) in [6, 6.07) is 7.95. The van der Waals surface area contributed by atoms with E-state index in [2.05, 4.69) is 21.0 Å². The molecule has 2 heterocycles. The van der Waals surface area contributed by atoms with Gasteiger partial charge in [-0.3, -0.25) is 4.79 Å². The Morgan fingerprint density at radius 1 is 1.38 bits per heavy atom. The fourth-order valence-corrected chi connectivity index (χ4v) is 2.95. The van der Waals surface area contributed by atoms with Gasteiger partial charge in [-0.25, -0.2) is 4.68 Å². The van der Waals surface area contributed by atoms with E-state index in [9.17, 15) is 4.79 Å². The molecular formula is C15H17BrN4O. The summed E-state index contributed by atoms with van der Waals surface area (Å²) in [5, 5.41) is 4.28. The van der Waals surface area contributed by atoms with E-state index in [1.54, 1.807) is 17.1 Å². The first-order valence-electron chi connectivity index (χ1n) is 7.00. The summed E-state index contributed by atoms with van der Waals surface area (Å²) in [5.41, 5.74) is 7.27. The Bertz CT molecular complexity index is 637. The van der Waals surface area contributed by atoms with Crippen LogP contribution in [-0.2, 0) is 0 Å². The van der Waals surface area contributed by atoms with Gasteiger partial charge in [0.05, 0.1) is 17.4 Å². The highest BCUT2D eigenvalue weighted by Gasteiger charge is 2.28. The fraction of sp³-hybridized carbons (Fsp3) is 0.333. The highest BCUT2D eigenvalue weighted by atomic mass is 79.9. The Labute approximate surface area is 131 Å². The zero-order valence-electron chi connectivity index (χ0n) is 11.6. The van der Waals surface area contributed by atoms with Crippen molar-refractivity contribution in [3.05, 3.63) is 46.7 Å². The van der Waals surface area contributed by atoms with Gasteiger partial charge < -0.3 is 10.6 Å². The van der Waals surface area contributed by atoms with E-state index in [4.69, 9.17) is 5.73 Å². The van der Waals surface area contributed by atoms with Crippen LogP contribution >= 0.6 is 15.9 Å². The number of rotatable bonds is 3. The molecule has 2 aromatic rings. The summed E-state index contributed by atoms with van der Waals surface area (Å²) in [5.74, 6) is 0.0197. The topological polar surface area (TPSA) is 64.2 Å². The first kappa shape index (κ1) is 14.3. The normalized spacial score (nSPS) is 18.2. The fourth-order valence-electron chi connectivity index (χ4n) is 2.68. The van der Waals surface area contributed by atoms with E-state index >= 15 is 0 Å². The molecule has 1 aromatic heterocycles. The average Bonchev–Trinajstić information content (AvgIpc) is 3.16. The number of carbonyl (C=O) groups excluding carboxylic acids is 1. The van der Waals surface area contributed by atoms with Crippen LogP contribution < -0.4 is 5.73 Å². The zero-order valence-corrected chi connectivity index (χ0v) is 13.2. The molecule has 1 atom stereocenters. The molecule has 5 nitrogen and oxygen atoms in total. The predicted molar refractivity (Wildman–Crippen MR) is 84.4 cm³/mol. The molecule has 2 N–H and O–H groups in total. The van der Waals surface area contributed by atoms with Gasteiger partial charge >= 0.3 is 0 Å². The van der Waals surface area contributed by atoms with Crippen LogP contribution in [0.1, 0.15) is 23.2 Å². The van der Waals surface area contributed by atoms with Crippen molar-refractivity contribution in [1.82, 2.24) is 14.7 Å². The lowest BCUT2D eigenvalue weighted by atomic mass is 10.2. The first-order valence-corrected chi connectivity index (χ1v) is 7.80. The monoisotopic (exact) mass is 348 g/mol. The maximum atomic E-state index is 12.5. The number of aromatic nitrogens is 2. The van der Waals surface area contributed by atoms with Crippen LogP contribution in [0.15, 0.2) is 41.1 Å². The second-order valence-corrected chi connectivity index (χ2v) is 6.10. The van der Waals surface area contributed by atoms with Crippen molar-refractivity contribution >= 4 is 21.8 Å². The number of likely N-dealkylation sites (tertiary alicyclic amines) is 1. The number of benzene rings is 1. The summed E-state index contributed by atoms with van der Waals surface area (Å²) in [4.78, 5) is 14.4. The van der Waals surface area contributed by atoms with Gasteiger partial charge in [-0.15, -0.1) is 0 Å². The van der Waals surface area contributed by atoms with Gasteiger partial charge in [0.25, 0.3) is 5.91 Å². The SMILES string of the molecule is NC[C@@H]1CCCN1C(=O)c1cnn(-c2ccc(Br)cc2)c1. The van der Waals surface area contributed by atoms with Crippen LogP contribution in [0.3, 0.4) is 0 Å². The van der Waals surface area contributed by atoms with Crippen LogP contribution in [0.25, 0.3) is 5.69 Å². The van der Waals surface area contributed by atoms with Crippen LogP contribution in [0.5, 0.6) is 0 Å². The lowest BCUT2D eigenvalue weighted by molar-refractivity contribution is 0.0741. The first-order chi connectivity index (χ1) is 10.2. The molecule has 0 bridgehead atoms. The molecule has 110 valence electrons. The second kappa shape index (κ2) is 5.99. The van der Waals surface area contributed by atoms with Gasteiger partial charge in [0.15, 0.2) is 0 Å². The summed E-state index contributed by atoms with van der Waals surface area (Å²) in [6.45, 7) is 1.30. The third-order valence-corrected chi connectivity index (χ3v) is 4.36. The van der Waals surface area contributed by atoms with Crippen molar-refractivity contribution in [3.63, 3.8) is 0 Å². The highest BCUT2D eigenvalue weighted by Crippen LogP contribution is 2.20. The molecule has 21 heavy (non-hydrogen) atoms. The molecule has 1 aliphatic rings. The van der Waals surface area contributed by atoms with E-state index in [0.29, 0.717) is 12.1 Å². The molecule has 0 spiro atoms. The van der Waals surface area contributed by atoms with Crippen LogP contribution in [-0.4, -0.2) is 39.7 Å². The van der Waals surface area contributed by atoms with Crippen molar-refractivity contribution in [3.8, 4) is 5.69 Å². The minimum Gasteiger partial charge on any atom is -0.334 e. The Kier molecular flexibility index (Phi) is 4.07. The maximum Gasteiger partial charge on any atom is 0.257 e. The smallest absolute Gasteiger partial charge is 0.257 e. The second-order valence-electron chi connectivity index (χ2n) is 5.18. The Morgan fingerprint density at radius 3 is 2.86 bits per heavy atom. The lowest BCUT2D eigenvalue weighted by Crippen LogP contribution is -2.39. The summed E-state index contributed by atoms with van der Waals surface area (Å²) >= 11 is 3.40. The van der Waals surface area contributed by atoms with Gasteiger partial charge in [0.2, 0.25) is 0 Å².